The Kier molecular flexibility index (Phi) is 4.27. The van der Waals surface area contributed by atoms with Crippen molar-refractivity contribution in [3.8, 4) is 6.07 Å². The van der Waals surface area contributed by atoms with E-state index in [1.54, 1.807) is 0 Å². The van der Waals surface area contributed by atoms with Gasteiger partial charge in [0.15, 0.2) is 0 Å². The Bertz CT molecular complexity index is 639. The monoisotopic (exact) mass is 265 g/mol. The van der Waals surface area contributed by atoms with Crippen LogP contribution in [0.4, 0.5) is 17.1 Å². The second-order valence-corrected chi connectivity index (χ2v) is 5.12. The van der Waals surface area contributed by atoms with Crippen molar-refractivity contribution in [1.29, 1.82) is 5.26 Å². The van der Waals surface area contributed by atoms with Crippen molar-refractivity contribution in [2.24, 2.45) is 0 Å². The first-order valence-electron chi connectivity index (χ1n) is 6.73. The molecule has 0 aliphatic carbocycles. The fraction of sp³-hybridized carbons (Fsp3) is 0.235. The van der Waals surface area contributed by atoms with E-state index in [1.165, 1.54) is 5.56 Å². The SMILES string of the molecule is CC(C)c1ccccc1Nc1ccc(N)c(CC#N)c1. The maximum Gasteiger partial charge on any atom is 0.0670 e. The Labute approximate surface area is 120 Å². The minimum Gasteiger partial charge on any atom is -0.398 e. The van der Waals surface area contributed by atoms with Crippen molar-refractivity contribution in [1.82, 2.24) is 0 Å². The third kappa shape index (κ3) is 3.10. The molecule has 0 atom stereocenters. The molecule has 0 aliphatic heterocycles. The van der Waals surface area contributed by atoms with Crippen molar-refractivity contribution in [3.05, 3.63) is 53.6 Å². The average Bonchev–Trinajstić information content (AvgIpc) is 2.43. The van der Waals surface area contributed by atoms with Crippen molar-refractivity contribution < 1.29 is 0 Å². The van der Waals surface area contributed by atoms with E-state index in [-0.39, 0.29) is 0 Å². The Morgan fingerprint density at radius 3 is 2.65 bits per heavy atom. The highest BCUT2D eigenvalue weighted by Crippen LogP contribution is 2.28. The summed E-state index contributed by atoms with van der Waals surface area (Å²) in [6.45, 7) is 4.34. The second kappa shape index (κ2) is 6.12. The number of nitrogens with one attached hydrogen (secondary N) is 1. The van der Waals surface area contributed by atoms with Crippen molar-refractivity contribution in [3.63, 3.8) is 0 Å². The maximum atomic E-state index is 8.82. The number of benzene rings is 2. The number of para-hydroxylation sites is 1. The number of nitrogen functional groups attached to an aromatic ring is 1. The predicted octanol–water partition coefficient (Wildman–Crippen LogP) is 4.20. The van der Waals surface area contributed by atoms with Crippen molar-refractivity contribution in [2.45, 2.75) is 26.2 Å². The van der Waals surface area contributed by atoms with Gasteiger partial charge in [-0.05, 0) is 41.3 Å². The molecule has 0 saturated heterocycles. The summed E-state index contributed by atoms with van der Waals surface area (Å²) in [7, 11) is 0. The molecule has 0 unspecified atom stereocenters. The average molecular weight is 265 g/mol. The van der Waals surface area contributed by atoms with Gasteiger partial charge >= 0.3 is 0 Å². The van der Waals surface area contributed by atoms with Gasteiger partial charge in [-0.15, -0.1) is 0 Å². The van der Waals surface area contributed by atoms with E-state index in [4.69, 9.17) is 11.0 Å². The summed E-state index contributed by atoms with van der Waals surface area (Å²) < 4.78 is 0. The molecule has 3 nitrogen and oxygen atoms in total. The highest BCUT2D eigenvalue weighted by Gasteiger charge is 2.07. The number of anilines is 3. The summed E-state index contributed by atoms with van der Waals surface area (Å²) in [6.07, 6.45) is 0.327. The molecule has 0 heterocycles. The first-order valence-corrected chi connectivity index (χ1v) is 6.73. The van der Waals surface area contributed by atoms with Gasteiger partial charge in [-0.1, -0.05) is 32.0 Å². The summed E-state index contributed by atoms with van der Waals surface area (Å²) in [5.41, 5.74) is 10.7. The number of hydrogen-bond donors (Lipinski definition) is 2. The van der Waals surface area contributed by atoms with Crippen LogP contribution in [0.15, 0.2) is 42.5 Å². The normalized spacial score (nSPS) is 10.3. The summed E-state index contributed by atoms with van der Waals surface area (Å²) in [4.78, 5) is 0. The van der Waals surface area contributed by atoms with Crippen molar-refractivity contribution in [2.75, 3.05) is 11.1 Å². The summed E-state index contributed by atoms with van der Waals surface area (Å²) in [5.74, 6) is 0.450. The van der Waals surface area contributed by atoms with Crippen LogP contribution in [-0.4, -0.2) is 0 Å². The lowest BCUT2D eigenvalue weighted by molar-refractivity contribution is 0.869. The minimum absolute atomic E-state index is 0.327. The first-order chi connectivity index (χ1) is 9.61. The number of rotatable bonds is 4. The third-order valence-corrected chi connectivity index (χ3v) is 3.27. The Balaban J connectivity index is 2.31. The molecule has 3 heteroatoms. The van der Waals surface area contributed by atoms with Gasteiger partial charge in [-0.3, -0.25) is 0 Å². The van der Waals surface area contributed by atoms with E-state index >= 15 is 0 Å². The van der Waals surface area contributed by atoms with Gasteiger partial charge < -0.3 is 11.1 Å². The van der Waals surface area contributed by atoms with E-state index in [0.717, 1.165) is 16.9 Å². The van der Waals surface area contributed by atoms with Gasteiger partial charge in [-0.25, -0.2) is 0 Å². The Morgan fingerprint density at radius 2 is 1.95 bits per heavy atom. The maximum absolute atomic E-state index is 8.82. The Hall–Kier alpha value is -2.47. The molecule has 0 bridgehead atoms. The van der Waals surface area contributed by atoms with E-state index in [1.807, 2.05) is 30.3 Å². The van der Waals surface area contributed by atoms with Crippen LogP contribution < -0.4 is 11.1 Å². The van der Waals surface area contributed by atoms with E-state index < -0.39 is 0 Å². The molecule has 2 aromatic rings. The van der Waals surface area contributed by atoms with Crippen LogP contribution in [0.1, 0.15) is 30.9 Å². The lowest BCUT2D eigenvalue weighted by atomic mass is 10.0. The number of hydrogen-bond acceptors (Lipinski definition) is 3. The topological polar surface area (TPSA) is 61.8 Å². The summed E-state index contributed by atoms with van der Waals surface area (Å²) in [5, 5.41) is 12.2. The first kappa shape index (κ1) is 14.0. The van der Waals surface area contributed by atoms with E-state index in [9.17, 15) is 0 Å². The van der Waals surface area contributed by atoms with Gasteiger partial charge in [0.05, 0.1) is 12.5 Å². The van der Waals surface area contributed by atoms with Crippen LogP contribution >= 0.6 is 0 Å². The van der Waals surface area contributed by atoms with Crippen LogP contribution in [0.3, 0.4) is 0 Å². The molecule has 2 aromatic carbocycles. The molecule has 0 radical (unpaired) electrons. The van der Waals surface area contributed by atoms with Gasteiger partial charge in [0.1, 0.15) is 0 Å². The van der Waals surface area contributed by atoms with E-state index in [0.29, 0.717) is 18.0 Å². The largest absolute Gasteiger partial charge is 0.398 e. The summed E-state index contributed by atoms with van der Waals surface area (Å²) >= 11 is 0. The van der Waals surface area contributed by atoms with Crippen LogP contribution in [-0.2, 0) is 6.42 Å². The van der Waals surface area contributed by atoms with Crippen LogP contribution in [0, 0.1) is 11.3 Å². The molecule has 20 heavy (non-hydrogen) atoms. The predicted molar refractivity (Wildman–Crippen MR) is 84.0 cm³/mol. The highest BCUT2D eigenvalue weighted by molar-refractivity contribution is 5.67. The molecule has 0 spiro atoms. The zero-order valence-corrected chi connectivity index (χ0v) is 11.9. The van der Waals surface area contributed by atoms with Gasteiger partial charge in [0, 0.05) is 17.1 Å². The molecular formula is C17H19N3. The fourth-order valence-corrected chi connectivity index (χ4v) is 2.19. The lowest BCUT2D eigenvalue weighted by Crippen LogP contribution is -1.99. The molecule has 0 fully saturated rings. The standard InChI is InChI=1S/C17H19N3/c1-12(2)15-5-3-4-6-17(15)20-14-7-8-16(19)13(11-14)9-10-18/h3-8,11-12,20H,9,19H2,1-2H3. The molecule has 0 aromatic heterocycles. The second-order valence-electron chi connectivity index (χ2n) is 5.12. The molecule has 2 rings (SSSR count). The Morgan fingerprint density at radius 1 is 1.20 bits per heavy atom. The van der Waals surface area contributed by atoms with Gasteiger partial charge in [0.2, 0.25) is 0 Å². The van der Waals surface area contributed by atoms with Crippen LogP contribution in [0.2, 0.25) is 0 Å². The van der Waals surface area contributed by atoms with Gasteiger partial charge in [-0.2, -0.15) is 5.26 Å². The quantitative estimate of drug-likeness (QED) is 0.814. The summed E-state index contributed by atoms with van der Waals surface area (Å²) in [6, 6.07) is 16.1. The minimum atomic E-state index is 0.327. The molecule has 102 valence electrons. The highest BCUT2D eigenvalue weighted by atomic mass is 14.9. The molecule has 3 N–H and O–H groups in total. The smallest absolute Gasteiger partial charge is 0.0670 e. The van der Waals surface area contributed by atoms with Gasteiger partial charge in [0.25, 0.3) is 0 Å². The third-order valence-electron chi connectivity index (χ3n) is 3.27. The molecule has 0 amide bonds. The zero-order valence-electron chi connectivity index (χ0n) is 11.9. The van der Waals surface area contributed by atoms with Crippen molar-refractivity contribution >= 4 is 17.1 Å². The van der Waals surface area contributed by atoms with Crippen LogP contribution in [0.25, 0.3) is 0 Å². The van der Waals surface area contributed by atoms with Crippen LogP contribution in [0.5, 0.6) is 0 Å². The van der Waals surface area contributed by atoms with E-state index in [2.05, 4.69) is 37.4 Å². The molecule has 0 saturated carbocycles. The number of nitrogens with two attached hydrogens (primary N) is 1. The number of nitrogens with zero attached hydrogens (tertiary/aromatic N) is 1. The molecule has 0 aliphatic rings. The fourth-order valence-electron chi connectivity index (χ4n) is 2.19. The zero-order chi connectivity index (χ0) is 14.5. The number of nitriles is 1. The lowest BCUT2D eigenvalue weighted by Gasteiger charge is -2.15. The molecular weight excluding hydrogens is 246 g/mol.